The lowest BCUT2D eigenvalue weighted by atomic mass is 10.0. The highest BCUT2D eigenvalue weighted by molar-refractivity contribution is 7.10. The normalized spacial score (nSPS) is 21.5. The summed E-state index contributed by atoms with van der Waals surface area (Å²) in [5.74, 6) is 1.57. The van der Waals surface area contributed by atoms with Crippen molar-refractivity contribution in [3.8, 4) is 5.75 Å². The molecular formula is C24H25N3O3S. The number of hydrogen-bond donors (Lipinski definition) is 0. The Morgan fingerprint density at radius 2 is 2.06 bits per heavy atom. The first-order valence-electron chi connectivity index (χ1n) is 10.6. The molecule has 0 bridgehead atoms. The van der Waals surface area contributed by atoms with Crippen LogP contribution in [0.4, 0.5) is 0 Å². The van der Waals surface area contributed by atoms with Crippen molar-refractivity contribution in [3.05, 3.63) is 76.4 Å². The molecule has 0 aliphatic carbocycles. The molecule has 3 aromatic rings. The molecule has 1 saturated heterocycles. The quantitative estimate of drug-likeness (QED) is 0.555. The summed E-state index contributed by atoms with van der Waals surface area (Å²) in [5, 5.41) is 8.49. The van der Waals surface area contributed by atoms with Crippen LogP contribution in [0.3, 0.4) is 0 Å². The number of amides is 1. The fraction of sp³-hybridized carbons (Fsp3) is 0.333. The van der Waals surface area contributed by atoms with Gasteiger partial charge in [-0.1, -0.05) is 6.07 Å². The first-order chi connectivity index (χ1) is 15.2. The molecule has 0 N–H and O–H groups in total. The van der Waals surface area contributed by atoms with Crippen molar-refractivity contribution in [1.29, 1.82) is 0 Å². The summed E-state index contributed by atoms with van der Waals surface area (Å²) in [7, 11) is 1.65. The second-order valence-electron chi connectivity index (χ2n) is 7.89. The maximum absolute atomic E-state index is 13.4. The first-order valence-corrected chi connectivity index (χ1v) is 11.5. The lowest BCUT2D eigenvalue weighted by Crippen LogP contribution is -2.37. The van der Waals surface area contributed by atoms with Crippen molar-refractivity contribution in [3.63, 3.8) is 0 Å². The third-order valence-corrected chi connectivity index (χ3v) is 7.01. The molecule has 1 amide bonds. The van der Waals surface area contributed by atoms with Crippen molar-refractivity contribution in [1.82, 2.24) is 9.91 Å². The molecule has 2 aromatic heterocycles. The highest BCUT2D eigenvalue weighted by Gasteiger charge is 2.37. The highest BCUT2D eigenvalue weighted by atomic mass is 32.1. The van der Waals surface area contributed by atoms with Crippen molar-refractivity contribution >= 4 is 23.0 Å². The van der Waals surface area contributed by atoms with E-state index in [4.69, 9.17) is 14.3 Å². The summed E-state index contributed by atoms with van der Waals surface area (Å²) in [4.78, 5) is 17.0. The number of furan rings is 1. The minimum atomic E-state index is -0.220. The average Bonchev–Trinajstić information content (AvgIpc) is 3.59. The number of hydrogen-bond acceptors (Lipinski definition) is 6. The zero-order chi connectivity index (χ0) is 21.2. The van der Waals surface area contributed by atoms with Crippen molar-refractivity contribution in [2.45, 2.75) is 31.3 Å². The Kier molecular flexibility index (Phi) is 5.61. The van der Waals surface area contributed by atoms with Crippen LogP contribution >= 0.6 is 11.3 Å². The topological polar surface area (TPSA) is 58.3 Å². The van der Waals surface area contributed by atoms with E-state index in [1.54, 1.807) is 29.7 Å². The van der Waals surface area contributed by atoms with Crippen LogP contribution in [0.2, 0.25) is 0 Å². The summed E-state index contributed by atoms with van der Waals surface area (Å²) < 4.78 is 10.9. The van der Waals surface area contributed by atoms with Gasteiger partial charge in [-0.05, 0) is 72.8 Å². The molecule has 160 valence electrons. The van der Waals surface area contributed by atoms with Gasteiger partial charge in [0.25, 0.3) is 5.91 Å². The molecule has 1 aromatic carbocycles. The molecule has 2 aliphatic heterocycles. The number of likely N-dealkylation sites (tertiary alicyclic amines) is 1. The summed E-state index contributed by atoms with van der Waals surface area (Å²) >= 11 is 1.76. The molecule has 2 atom stereocenters. The van der Waals surface area contributed by atoms with Crippen LogP contribution in [0, 0.1) is 0 Å². The highest BCUT2D eigenvalue weighted by Crippen LogP contribution is 2.36. The van der Waals surface area contributed by atoms with E-state index in [1.807, 2.05) is 36.4 Å². The predicted molar refractivity (Wildman–Crippen MR) is 120 cm³/mol. The number of thiophene rings is 1. The van der Waals surface area contributed by atoms with E-state index in [0.717, 1.165) is 42.2 Å². The summed E-state index contributed by atoms with van der Waals surface area (Å²) in [6.45, 7) is 1.29. The lowest BCUT2D eigenvalue weighted by molar-refractivity contribution is -0.134. The standard InChI is InChI=1S/C24H25N3O3S/c1-29-18-10-8-17(9-11-18)19-15-21(22-6-3-13-30-22)27(25-19)24(28)16-26-12-2-5-20(26)23-7-4-14-31-23/h3-4,6-11,13-14,20-21H,2,5,12,15-16H2,1H3. The Hall–Kier alpha value is -2.90. The van der Waals surface area contributed by atoms with Gasteiger partial charge in [0.15, 0.2) is 0 Å². The third-order valence-electron chi connectivity index (χ3n) is 6.03. The van der Waals surface area contributed by atoms with Crippen LogP contribution in [0.1, 0.15) is 47.5 Å². The smallest absolute Gasteiger partial charge is 0.257 e. The van der Waals surface area contributed by atoms with Crippen LogP contribution in [-0.2, 0) is 4.79 Å². The molecule has 7 heteroatoms. The average molecular weight is 436 g/mol. The van der Waals surface area contributed by atoms with Crippen LogP contribution in [0.5, 0.6) is 5.75 Å². The molecule has 0 saturated carbocycles. The molecule has 5 rings (SSSR count). The number of nitrogens with zero attached hydrogens (tertiary/aromatic N) is 3. The first kappa shape index (κ1) is 20.0. The van der Waals surface area contributed by atoms with Gasteiger partial charge in [-0.25, -0.2) is 5.01 Å². The number of hydrazone groups is 1. The van der Waals surface area contributed by atoms with Crippen LogP contribution < -0.4 is 4.74 Å². The van der Waals surface area contributed by atoms with Crippen molar-refractivity contribution < 1.29 is 13.9 Å². The molecular weight excluding hydrogens is 410 g/mol. The molecule has 0 spiro atoms. The van der Waals surface area contributed by atoms with E-state index >= 15 is 0 Å². The Morgan fingerprint density at radius 1 is 1.19 bits per heavy atom. The van der Waals surface area contributed by atoms with Gasteiger partial charge in [-0.15, -0.1) is 11.3 Å². The second kappa shape index (κ2) is 8.69. The number of rotatable bonds is 6. The van der Waals surface area contributed by atoms with Crippen molar-refractivity contribution in [2.24, 2.45) is 5.10 Å². The van der Waals surface area contributed by atoms with Gasteiger partial charge < -0.3 is 9.15 Å². The molecule has 2 unspecified atom stereocenters. The maximum atomic E-state index is 13.4. The molecule has 31 heavy (non-hydrogen) atoms. The second-order valence-corrected chi connectivity index (χ2v) is 8.87. The number of ether oxygens (including phenoxy) is 1. The Balaban J connectivity index is 1.38. The van der Waals surface area contributed by atoms with Gasteiger partial charge in [-0.3, -0.25) is 9.69 Å². The molecule has 1 fully saturated rings. The van der Waals surface area contributed by atoms with Gasteiger partial charge >= 0.3 is 0 Å². The number of carbonyl (C=O) groups excluding carboxylic acids is 1. The lowest BCUT2D eigenvalue weighted by Gasteiger charge is -2.26. The van der Waals surface area contributed by atoms with E-state index in [0.29, 0.717) is 19.0 Å². The summed E-state index contributed by atoms with van der Waals surface area (Å²) in [6, 6.07) is 15.9. The van der Waals surface area contributed by atoms with E-state index < -0.39 is 0 Å². The van der Waals surface area contributed by atoms with Gasteiger partial charge in [0.1, 0.15) is 17.6 Å². The van der Waals surface area contributed by atoms with Crippen LogP contribution in [0.15, 0.2) is 69.7 Å². The number of benzene rings is 1. The number of methoxy groups -OCH3 is 1. The molecule has 6 nitrogen and oxygen atoms in total. The zero-order valence-electron chi connectivity index (χ0n) is 17.4. The summed E-state index contributed by atoms with van der Waals surface area (Å²) in [5.41, 5.74) is 1.87. The summed E-state index contributed by atoms with van der Waals surface area (Å²) in [6.07, 6.45) is 4.48. The van der Waals surface area contributed by atoms with E-state index in [2.05, 4.69) is 22.4 Å². The Labute approximate surface area is 185 Å². The van der Waals surface area contributed by atoms with E-state index in [9.17, 15) is 4.79 Å². The zero-order valence-corrected chi connectivity index (χ0v) is 18.3. The van der Waals surface area contributed by atoms with Crippen molar-refractivity contribution in [2.75, 3.05) is 20.2 Å². The monoisotopic (exact) mass is 435 g/mol. The van der Waals surface area contributed by atoms with Crippen LogP contribution in [-0.4, -0.2) is 41.7 Å². The van der Waals surface area contributed by atoms with E-state index in [1.165, 1.54) is 4.88 Å². The minimum Gasteiger partial charge on any atom is -0.497 e. The largest absolute Gasteiger partial charge is 0.497 e. The van der Waals surface area contributed by atoms with Crippen LogP contribution in [0.25, 0.3) is 0 Å². The Morgan fingerprint density at radius 3 is 2.77 bits per heavy atom. The fourth-order valence-corrected chi connectivity index (χ4v) is 5.36. The maximum Gasteiger partial charge on any atom is 0.257 e. The van der Waals surface area contributed by atoms with Gasteiger partial charge in [-0.2, -0.15) is 5.10 Å². The van der Waals surface area contributed by atoms with E-state index in [-0.39, 0.29) is 11.9 Å². The fourth-order valence-electron chi connectivity index (χ4n) is 4.47. The molecule has 2 aliphatic rings. The SMILES string of the molecule is COc1ccc(C2=NN(C(=O)CN3CCCC3c3cccs3)C(c3ccco3)C2)cc1. The Bertz CT molecular complexity index is 1040. The van der Waals surface area contributed by atoms with Gasteiger partial charge in [0.2, 0.25) is 0 Å². The third kappa shape index (κ3) is 4.03. The van der Waals surface area contributed by atoms with Gasteiger partial charge in [0, 0.05) is 17.3 Å². The minimum absolute atomic E-state index is 0.00775. The molecule has 0 radical (unpaired) electrons. The predicted octanol–water partition coefficient (Wildman–Crippen LogP) is 4.86. The number of carbonyl (C=O) groups is 1. The molecule has 4 heterocycles. The van der Waals surface area contributed by atoms with Gasteiger partial charge in [0.05, 0.1) is 25.6 Å².